The molecule has 1 amide bonds. The van der Waals surface area contributed by atoms with Crippen LogP contribution < -0.4 is 0 Å². The first-order valence-electron chi connectivity index (χ1n) is 4.87. The fourth-order valence-corrected chi connectivity index (χ4v) is 2.98. The van der Waals surface area contributed by atoms with Crippen LogP contribution >= 0.6 is 27.3 Å². The molecule has 1 aromatic heterocycles. The van der Waals surface area contributed by atoms with Crippen molar-refractivity contribution < 1.29 is 14.7 Å². The lowest BCUT2D eigenvalue weighted by Crippen LogP contribution is -2.40. The van der Waals surface area contributed by atoms with Crippen molar-refractivity contribution in [1.29, 1.82) is 0 Å². The van der Waals surface area contributed by atoms with Crippen LogP contribution in [0, 0.1) is 0 Å². The Kier molecular flexibility index (Phi) is 3.30. The summed E-state index contributed by atoms with van der Waals surface area (Å²) in [6, 6.07) is 1.07. The van der Waals surface area contributed by atoms with E-state index in [1.165, 1.54) is 16.2 Å². The SMILES string of the molecule is O=C(O)C1CCCN1C(=O)c1csc(Br)c1. The molecule has 1 N–H and O–H groups in total. The van der Waals surface area contributed by atoms with Crippen molar-refractivity contribution in [2.45, 2.75) is 18.9 Å². The molecule has 0 bridgehead atoms. The molecule has 0 aliphatic carbocycles. The average molecular weight is 304 g/mol. The Morgan fingerprint density at radius 3 is 2.88 bits per heavy atom. The minimum absolute atomic E-state index is 0.188. The summed E-state index contributed by atoms with van der Waals surface area (Å²) in [5.41, 5.74) is 0.560. The molecular weight excluding hydrogens is 294 g/mol. The fraction of sp³-hybridized carbons (Fsp3) is 0.400. The highest BCUT2D eigenvalue weighted by molar-refractivity contribution is 9.11. The van der Waals surface area contributed by atoms with Crippen molar-refractivity contribution in [2.75, 3.05) is 6.54 Å². The molecule has 16 heavy (non-hydrogen) atoms. The van der Waals surface area contributed by atoms with Gasteiger partial charge >= 0.3 is 5.97 Å². The maximum atomic E-state index is 12.0. The molecule has 0 saturated carbocycles. The molecule has 1 saturated heterocycles. The quantitative estimate of drug-likeness (QED) is 0.911. The predicted octanol–water partition coefficient (Wildman–Crippen LogP) is 2.20. The molecule has 86 valence electrons. The third-order valence-electron chi connectivity index (χ3n) is 2.61. The van der Waals surface area contributed by atoms with Gasteiger partial charge in [0.1, 0.15) is 6.04 Å². The minimum atomic E-state index is -0.917. The lowest BCUT2D eigenvalue weighted by molar-refractivity contribution is -0.141. The first-order chi connectivity index (χ1) is 7.59. The van der Waals surface area contributed by atoms with Gasteiger partial charge in [0.2, 0.25) is 0 Å². The molecule has 1 unspecified atom stereocenters. The molecule has 0 spiro atoms. The maximum absolute atomic E-state index is 12.0. The Hall–Kier alpha value is -0.880. The van der Waals surface area contributed by atoms with E-state index >= 15 is 0 Å². The molecule has 1 aliphatic heterocycles. The van der Waals surface area contributed by atoms with Gasteiger partial charge < -0.3 is 10.0 Å². The van der Waals surface area contributed by atoms with Crippen LogP contribution in [0.2, 0.25) is 0 Å². The van der Waals surface area contributed by atoms with E-state index in [0.29, 0.717) is 18.5 Å². The minimum Gasteiger partial charge on any atom is -0.480 e. The van der Waals surface area contributed by atoms with E-state index in [9.17, 15) is 9.59 Å². The van der Waals surface area contributed by atoms with E-state index in [4.69, 9.17) is 5.11 Å². The highest BCUT2D eigenvalue weighted by atomic mass is 79.9. The Labute approximate surface area is 105 Å². The lowest BCUT2D eigenvalue weighted by atomic mass is 10.2. The van der Waals surface area contributed by atoms with Gasteiger partial charge in [-0.3, -0.25) is 4.79 Å². The zero-order valence-corrected chi connectivity index (χ0v) is 10.8. The van der Waals surface area contributed by atoms with Crippen molar-refractivity contribution in [3.05, 3.63) is 20.8 Å². The summed E-state index contributed by atoms with van der Waals surface area (Å²) in [6.45, 7) is 0.531. The first-order valence-corrected chi connectivity index (χ1v) is 6.54. The van der Waals surface area contributed by atoms with Crippen LogP contribution in [0.3, 0.4) is 0 Å². The number of hydrogen-bond donors (Lipinski definition) is 1. The number of rotatable bonds is 2. The molecule has 1 atom stereocenters. The van der Waals surface area contributed by atoms with E-state index in [0.717, 1.165) is 10.2 Å². The van der Waals surface area contributed by atoms with Crippen LogP contribution in [-0.2, 0) is 4.79 Å². The maximum Gasteiger partial charge on any atom is 0.326 e. The smallest absolute Gasteiger partial charge is 0.326 e. The zero-order chi connectivity index (χ0) is 11.7. The summed E-state index contributed by atoms with van der Waals surface area (Å²) in [7, 11) is 0. The highest BCUT2D eigenvalue weighted by Crippen LogP contribution is 2.25. The molecule has 1 aromatic rings. The van der Waals surface area contributed by atoms with E-state index in [2.05, 4.69) is 15.9 Å². The molecule has 2 heterocycles. The van der Waals surface area contributed by atoms with Crippen molar-refractivity contribution in [2.24, 2.45) is 0 Å². The molecule has 2 rings (SSSR count). The average Bonchev–Trinajstić information content (AvgIpc) is 2.84. The normalized spacial score (nSPS) is 20.1. The number of carbonyl (C=O) groups is 2. The molecule has 4 nitrogen and oxygen atoms in total. The van der Waals surface area contributed by atoms with E-state index in [-0.39, 0.29) is 5.91 Å². The lowest BCUT2D eigenvalue weighted by Gasteiger charge is -2.20. The van der Waals surface area contributed by atoms with Crippen LogP contribution in [0.4, 0.5) is 0 Å². The van der Waals surface area contributed by atoms with Crippen LogP contribution in [0.5, 0.6) is 0 Å². The van der Waals surface area contributed by atoms with E-state index in [1.54, 1.807) is 11.4 Å². The number of aliphatic carboxylic acids is 1. The second kappa shape index (κ2) is 4.55. The fourth-order valence-electron chi connectivity index (χ4n) is 1.85. The van der Waals surface area contributed by atoms with Gasteiger partial charge in [0.05, 0.1) is 9.35 Å². The molecule has 6 heteroatoms. The Morgan fingerprint density at radius 2 is 2.31 bits per heavy atom. The molecule has 1 fully saturated rings. The number of hydrogen-bond acceptors (Lipinski definition) is 3. The molecule has 1 aliphatic rings. The van der Waals surface area contributed by atoms with E-state index < -0.39 is 12.0 Å². The summed E-state index contributed by atoms with van der Waals surface area (Å²) in [4.78, 5) is 24.4. The van der Waals surface area contributed by atoms with Gasteiger partial charge in [-0.2, -0.15) is 0 Å². The van der Waals surface area contributed by atoms with Crippen molar-refractivity contribution in [3.8, 4) is 0 Å². The van der Waals surface area contributed by atoms with Gasteiger partial charge in [-0.15, -0.1) is 11.3 Å². The second-order valence-corrected chi connectivity index (χ2v) is 5.92. The molecular formula is C10H10BrNO3S. The Morgan fingerprint density at radius 1 is 1.56 bits per heavy atom. The van der Waals surface area contributed by atoms with Crippen LogP contribution in [-0.4, -0.2) is 34.5 Å². The number of carboxylic acids is 1. The summed E-state index contributed by atoms with van der Waals surface area (Å²) < 4.78 is 0.877. The second-order valence-electron chi connectivity index (χ2n) is 3.63. The summed E-state index contributed by atoms with van der Waals surface area (Å²) in [5.74, 6) is -1.10. The van der Waals surface area contributed by atoms with Gasteiger partial charge in [-0.05, 0) is 34.8 Å². The Balaban J connectivity index is 2.18. The van der Waals surface area contributed by atoms with Gasteiger partial charge in [-0.25, -0.2) is 4.79 Å². The number of carbonyl (C=O) groups excluding carboxylic acids is 1. The van der Waals surface area contributed by atoms with Gasteiger partial charge in [0, 0.05) is 11.9 Å². The number of amides is 1. The summed E-state index contributed by atoms with van der Waals surface area (Å²) in [5, 5.41) is 10.7. The highest BCUT2D eigenvalue weighted by Gasteiger charge is 2.34. The van der Waals surface area contributed by atoms with E-state index in [1.807, 2.05) is 0 Å². The van der Waals surface area contributed by atoms with Crippen LogP contribution in [0.1, 0.15) is 23.2 Å². The molecule has 0 aromatic carbocycles. The Bertz CT molecular complexity index is 431. The molecule has 0 radical (unpaired) electrons. The first kappa shape index (κ1) is 11.6. The van der Waals surface area contributed by atoms with Crippen molar-refractivity contribution >= 4 is 39.1 Å². The number of carboxylic acid groups (broad SMARTS) is 1. The number of nitrogens with zero attached hydrogens (tertiary/aromatic N) is 1. The van der Waals surface area contributed by atoms with Gasteiger partial charge in [0.15, 0.2) is 0 Å². The topological polar surface area (TPSA) is 57.6 Å². The third-order valence-corrected chi connectivity index (χ3v) is 4.12. The summed E-state index contributed by atoms with van der Waals surface area (Å²) in [6.07, 6.45) is 1.31. The summed E-state index contributed by atoms with van der Waals surface area (Å²) >= 11 is 4.71. The third kappa shape index (κ3) is 2.12. The zero-order valence-electron chi connectivity index (χ0n) is 8.35. The number of thiophene rings is 1. The van der Waals surface area contributed by atoms with Crippen molar-refractivity contribution in [3.63, 3.8) is 0 Å². The van der Waals surface area contributed by atoms with Gasteiger partial charge in [0.25, 0.3) is 5.91 Å². The van der Waals surface area contributed by atoms with Crippen LogP contribution in [0.15, 0.2) is 15.2 Å². The standard InChI is InChI=1S/C10H10BrNO3S/c11-8-4-6(5-16-8)9(13)12-3-1-2-7(12)10(14)15/h4-5,7H,1-3H2,(H,14,15). The monoisotopic (exact) mass is 303 g/mol. The predicted molar refractivity (Wildman–Crippen MR) is 63.7 cm³/mol. The van der Waals surface area contributed by atoms with Gasteiger partial charge in [-0.1, -0.05) is 0 Å². The number of halogens is 1. The number of likely N-dealkylation sites (tertiary alicyclic amines) is 1. The van der Waals surface area contributed by atoms with Crippen molar-refractivity contribution in [1.82, 2.24) is 4.90 Å². The van der Waals surface area contributed by atoms with Crippen LogP contribution in [0.25, 0.3) is 0 Å². The largest absolute Gasteiger partial charge is 0.480 e.